The summed E-state index contributed by atoms with van der Waals surface area (Å²) in [4.78, 5) is 0. The van der Waals surface area contributed by atoms with Crippen LogP contribution in [0.4, 0.5) is 0 Å². The maximum absolute atomic E-state index is 5.68. The van der Waals surface area contributed by atoms with Gasteiger partial charge in [-0.25, -0.2) is 0 Å². The number of aromatic nitrogens is 1. The van der Waals surface area contributed by atoms with E-state index in [-0.39, 0.29) is 0 Å². The summed E-state index contributed by atoms with van der Waals surface area (Å²) >= 11 is 0. The minimum absolute atomic E-state index is 0.521. The highest BCUT2D eigenvalue weighted by Crippen LogP contribution is 2.43. The zero-order chi connectivity index (χ0) is 18.8. The predicted octanol–water partition coefficient (Wildman–Crippen LogP) is 3.81. The Morgan fingerprint density at radius 3 is 2.19 bits per heavy atom. The molecule has 0 aliphatic carbocycles. The molecule has 0 amide bonds. The highest BCUT2D eigenvalue weighted by Gasteiger charge is 2.20. The molecular weight excluding hydrogens is 350 g/mol. The highest BCUT2D eigenvalue weighted by molar-refractivity contribution is 5.83. The van der Waals surface area contributed by atoms with Crippen molar-refractivity contribution in [2.75, 3.05) is 34.5 Å². The lowest BCUT2D eigenvalue weighted by Crippen LogP contribution is -2.15. The number of nitrogens with zero attached hydrogens (tertiary/aromatic N) is 1. The zero-order valence-corrected chi connectivity index (χ0v) is 15.3. The van der Waals surface area contributed by atoms with Gasteiger partial charge >= 0.3 is 0 Å². The summed E-state index contributed by atoms with van der Waals surface area (Å²) in [7, 11) is 4.72. The van der Waals surface area contributed by atoms with E-state index in [1.807, 2.05) is 30.3 Å². The van der Waals surface area contributed by atoms with Gasteiger partial charge in [0.25, 0.3) is 0 Å². The lowest BCUT2D eigenvalue weighted by molar-refractivity contribution is 0.171. The molecule has 2 heterocycles. The third kappa shape index (κ3) is 3.01. The molecule has 0 unspecified atom stereocenters. The maximum Gasteiger partial charge on any atom is 0.203 e. The smallest absolute Gasteiger partial charge is 0.203 e. The van der Waals surface area contributed by atoms with Gasteiger partial charge < -0.3 is 28.2 Å². The first kappa shape index (κ1) is 17.1. The summed E-state index contributed by atoms with van der Waals surface area (Å²) in [5, 5.41) is 4.18. The lowest BCUT2D eigenvalue weighted by Gasteiger charge is -2.18. The zero-order valence-electron chi connectivity index (χ0n) is 15.3. The minimum atomic E-state index is 0.521. The van der Waals surface area contributed by atoms with Gasteiger partial charge in [-0.2, -0.15) is 0 Å². The average Bonchev–Trinajstić information content (AvgIpc) is 3.22. The van der Waals surface area contributed by atoms with Crippen molar-refractivity contribution in [2.45, 2.75) is 0 Å². The van der Waals surface area contributed by atoms with Crippen molar-refractivity contribution < 1.29 is 28.2 Å². The van der Waals surface area contributed by atoms with Crippen LogP contribution < -0.4 is 23.7 Å². The fraction of sp³-hybridized carbons (Fsp3) is 0.250. The van der Waals surface area contributed by atoms with E-state index in [9.17, 15) is 0 Å². The third-order valence-electron chi connectivity index (χ3n) is 4.36. The van der Waals surface area contributed by atoms with Crippen molar-refractivity contribution >= 4 is 0 Å². The van der Waals surface area contributed by atoms with Gasteiger partial charge in [-0.1, -0.05) is 11.2 Å². The van der Waals surface area contributed by atoms with Crippen LogP contribution in [0.1, 0.15) is 0 Å². The number of ether oxygens (including phenoxy) is 5. The molecule has 0 saturated carbocycles. The molecule has 0 saturated heterocycles. The van der Waals surface area contributed by atoms with E-state index >= 15 is 0 Å². The number of methoxy groups -OCH3 is 3. The average molecular weight is 369 g/mol. The molecule has 1 aliphatic rings. The Labute approximate surface area is 156 Å². The van der Waals surface area contributed by atoms with Crippen molar-refractivity contribution in [1.82, 2.24) is 5.16 Å². The predicted molar refractivity (Wildman–Crippen MR) is 98.0 cm³/mol. The van der Waals surface area contributed by atoms with Gasteiger partial charge in [-0.3, -0.25) is 0 Å². The van der Waals surface area contributed by atoms with E-state index in [2.05, 4.69) is 5.16 Å². The van der Waals surface area contributed by atoms with Crippen LogP contribution in [-0.2, 0) is 0 Å². The first-order chi connectivity index (χ1) is 13.2. The number of hydrogen-bond acceptors (Lipinski definition) is 7. The van der Waals surface area contributed by atoms with Gasteiger partial charge in [0.2, 0.25) is 5.75 Å². The molecule has 27 heavy (non-hydrogen) atoms. The standard InChI is InChI=1S/C20H19NO6/c1-22-17-9-13(10-18(23-2)20(17)24-3)19-14(11-27-21-19)12-4-5-15-16(8-12)26-7-6-25-15/h4-5,8-11H,6-7H2,1-3H3. The van der Waals surface area contributed by atoms with Crippen molar-refractivity contribution in [2.24, 2.45) is 0 Å². The van der Waals surface area contributed by atoms with Crippen LogP contribution in [0.2, 0.25) is 0 Å². The van der Waals surface area contributed by atoms with Crippen LogP contribution in [0.3, 0.4) is 0 Å². The van der Waals surface area contributed by atoms with Crippen LogP contribution >= 0.6 is 0 Å². The van der Waals surface area contributed by atoms with Gasteiger partial charge in [-0.15, -0.1) is 0 Å². The topological polar surface area (TPSA) is 72.2 Å². The fourth-order valence-corrected chi connectivity index (χ4v) is 3.08. The molecule has 3 aromatic rings. The Hall–Kier alpha value is -3.35. The van der Waals surface area contributed by atoms with E-state index in [1.54, 1.807) is 27.6 Å². The molecule has 4 rings (SSSR count). The Morgan fingerprint density at radius 1 is 0.815 bits per heavy atom. The summed E-state index contributed by atoms with van der Waals surface area (Å²) < 4.78 is 32.8. The van der Waals surface area contributed by atoms with E-state index < -0.39 is 0 Å². The molecule has 0 fully saturated rings. The first-order valence-electron chi connectivity index (χ1n) is 8.40. The molecule has 2 aromatic carbocycles. The molecule has 0 radical (unpaired) electrons. The second kappa shape index (κ2) is 7.11. The maximum atomic E-state index is 5.68. The molecule has 0 N–H and O–H groups in total. The van der Waals surface area contributed by atoms with Gasteiger partial charge in [0.15, 0.2) is 23.0 Å². The molecule has 1 aliphatic heterocycles. The van der Waals surface area contributed by atoms with E-state index in [4.69, 9.17) is 28.2 Å². The molecular formula is C20H19NO6. The summed E-state index contributed by atoms with van der Waals surface area (Å²) in [6.45, 7) is 1.08. The van der Waals surface area contributed by atoms with Crippen molar-refractivity contribution in [1.29, 1.82) is 0 Å². The van der Waals surface area contributed by atoms with Crippen LogP contribution in [0.25, 0.3) is 22.4 Å². The molecule has 1 aromatic heterocycles. The molecule has 7 nitrogen and oxygen atoms in total. The van der Waals surface area contributed by atoms with Crippen LogP contribution in [0, 0.1) is 0 Å². The van der Waals surface area contributed by atoms with Crippen LogP contribution in [-0.4, -0.2) is 39.7 Å². The largest absolute Gasteiger partial charge is 0.493 e. The van der Waals surface area contributed by atoms with E-state index in [0.29, 0.717) is 41.9 Å². The van der Waals surface area contributed by atoms with Gasteiger partial charge in [0, 0.05) is 11.1 Å². The molecule has 7 heteroatoms. The van der Waals surface area contributed by atoms with E-state index in [0.717, 1.165) is 22.4 Å². The summed E-state index contributed by atoms with van der Waals surface area (Å²) in [6, 6.07) is 9.42. The minimum Gasteiger partial charge on any atom is -0.493 e. The highest BCUT2D eigenvalue weighted by atomic mass is 16.6. The molecule has 0 atom stereocenters. The van der Waals surface area contributed by atoms with Crippen molar-refractivity contribution in [3.63, 3.8) is 0 Å². The fourth-order valence-electron chi connectivity index (χ4n) is 3.08. The molecule has 140 valence electrons. The lowest BCUT2D eigenvalue weighted by atomic mass is 10.0. The summed E-state index contributed by atoms with van der Waals surface area (Å²) in [5.41, 5.74) is 3.17. The van der Waals surface area contributed by atoms with Gasteiger partial charge in [0.1, 0.15) is 25.2 Å². The van der Waals surface area contributed by atoms with Crippen LogP contribution in [0.15, 0.2) is 41.1 Å². The van der Waals surface area contributed by atoms with Gasteiger partial charge in [0.05, 0.1) is 21.3 Å². The Kier molecular flexibility index (Phi) is 4.50. The van der Waals surface area contributed by atoms with E-state index in [1.165, 1.54) is 0 Å². The Bertz CT molecular complexity index is 940. The number of rotatable bonds is 5. The summed E-state index contributed by atoms with van der Waals surface area (Å²) in [5.74, 6) is 3.05. The summed E-state index contributed by atoms with van der Waals surface area (Å²) in [6.07, 6.45) is 1.60. The first-order valence-corrected chi connectivity index (χ1v) is 8.40. The monoisotopic (exact) mass is 369 g/mol. The second-order valence-electron chi connectivity index (χ2n) is 5.85. The quantitative estimate of drug-likeness (QED) is 0.677. The van der Waals surface area contributed by atoms with Crippen LogP contribution in [0.5, 0.6) is 28.7 Å². The third-order valence-corrected chi connectivity index (χ3v) is 4.36. The Morgan fingerprint density at radius 2 is 1.52 bits per heavy atom. The SMILES string of the molecule is COc1cc(-c2nocc2-c2ccc3c(c2)OCCO3)cc(OC)c1OC. The van der Waals surface area contributed by atoms with Crippen molar-refractivity contribution in [3.05, 3.63) is 36.6 Å². The molecule has 0 spiro atoms. The van der Waals surface area contributed by atoms with Crippen molar-refractivity contribution in [3.8, 4) is 51.1 Å². The van der Waals surface area contributed by atoms with Gasteiger partial charge in [-0.05, 0) is 29.8 Å². The second-order valence-corrected chi connectivity index (χ2v) is 5.85. The normalized spacial score (nSPS) is 12.6. The number of fused-ring (bicyclic) bond motifs is 1. The Balaban J connectivity index is 1.81. The molecule has 0 bridgehead atoms. The number of hydrogen-bond donors (Lipinski definition) is 0. The number of benzene rings is 2.